The Labute approximate surface area is 382 Å². The van der Waals surface area contributed by atoms with Gasteiger partial charge in [-0.05, 0) is 35.4 Å². The Morgan fingerprint density at radius 1 is 0.646 bits per heavy atom. The molecule has 0 spiro atoms. The van der Waals surface area contributed by atoms with Crippen LogP contribution in [0.3, 0.4) is 0 Å². The summed E-state index contributed by atoms with van der Waals surface area (Å²) in [7, 11) is 0. The molecule has 4 N–H and O–H groups in total. The minimum absolute atomic E-state index is 0. The van der Waals surface area contributed by atoms with Crippen LogP contribution in [0.25, 0.3) is 0 Å². The number of nitrogens with zero attached hydrogens (tertiary/aromatic N) is 2. The number of hydrogen-bond acceptors (Lipinski definition) is 6. The number of halogens is 4. The second-order valence-electron chi connectivity index (χ2n) is 9.15. The van der Waals surface area contributed by atoms with Crippen LogP contribution >= 0.6 is 96.1 Å². The number of benzene rings is 2. The van der Waals surface area contributed by atoms with Crippen molar-refractivity contribution >= 4 is 128 Å². The molecule has 0 heterocycles. The molecule has 2 atom stereocenters. The second-order valence-corrected chi connectivity index (χ2v) is 13.0. The summed E-state index contributed by atoms with van der Waals surface area (Å²) in [6.45, 7) is 2.84. The van der Waals surface area contributed by atoms with Crippen LogP contribution in [-0.4, -0.2) is 92.6 Å². The van der Waals surface area contributed by atoms with E-state index in [-0.39, 0.29) is 93.3 Å². The first-order chi connectivity index (χ1) is 20.9. The van der Waals surface area contributed by atoms with Crippen LogP contribution in [0.2, 0.25) is 0 Å². The molecule has 2 aromatic carbocycles. The second kappa shape index (κ2) is 32.8. The Morgan fingerprint density at radius 2 is 0.896 bits per heavy atom. The third-order valence-corrected chi connectivity index (χ3v) is 7.26. The predicted octanol–water partition coefficient (Wildman–Crippen LogP) is -0.572. The zero-order valence-corrected chi connectivity index (χ0v) is 38.8. The zero-order valence-electron chi connectivity index (χ0n) is 26.5. The summed E-state index contributed by atoms with van der Waals surface area (Å²) >= 11 is 40.5. The first-order valence-electron chi connectivity index (χ1n) is 13.3. The zero-order chi connectivity index (χ0) is 33.1. The SMILES string of the molecule is O=C(O)[C@H](Cc1ccc(N(CCCl)CCCl)cc1)NC(=S)S.O=C(O)[C@H](Cc1ccc(N(CCCl)CCCl)cc1)NC(=S)S.[99Tc+7].[Na+].[Na+].[O-2]. The van der Waals surface area contributed by atoms with Gasteiger partial charge < -0.3 is 36.1 Å². The van der Waals surface area contributed by atoms with E-state index in [2.05, 4.69) is 45.7 Å². The smallest absolute Gasteiger partial charge is 2.00 e. The number of anilines is 2. The van der Waals surface area contributed by atoms with E-state index in [4.69, 9.17) is 70.8 Å². The molecule has 252 valence electrons. The minimum Gasteiger partial charge on any atom is -2.00 e. The molecule has 20 heteroatoms. The van der Waals surface area contributed by atoms with Gasteiger partial charge >= 0.3 is 91.2 Å². The van der Waals surface area contributed by atoms with Gasteiger partial charge in [0.15, 0.2) is 0 Å². The molecule has 2 aromatic rings. The number of aliphatic carboxylic acids is 2. The molecule has 0 saturated heterocycles. The van der Waals surface area contributed by atoms with Crippen LogP contribution in [0, 0.1) is 0 Å². The van der Waals surface area contributed by atoms with Crippen LogP contribution in [-0.2, 0) is 48.0 Å². The van der Waals surface area contributed by atoms with Crippen LogP contribution < -0.4 is 79.5 Å². The third kappa shape index (κ3) is 23.7. The predicted molar refractivity (Wildman–Crippen MR) is 201 cm³/mol. The molecule has 0 aliphatic carbocycles. The van der Waals surface area contributed by atoms with Gasteiger partial charge in [0, 0.05) is 73.9 Å². The fourth-order valence-corrected chi connectivity index (χ4v) is 5.42. The van der Waals surface area contributed by atoms with Gasteiger partial charge in [-0.2, -0.15) is 0 Å². The maximum atomic E-state index is 11.2. The van der Waals surface area contributed by atoms with Crippen molar-refractivity contribution in [1.29, 1.82) is 0 Å². The summed E-state index contributed by atoms with van der Waals surface area (Å²) in [4.78, 5) is 26.5. The van der Waals surface area contributed by atoms with E-state index in [1.54, 1.807) is 0 Å². The molecule has 0 aromatic heterocycles. The number of rotatable bonds is 18. The first-order valence-corrected chi connectivity index (χ1v) is 17.2. The fraction of sp³-hybridized carbons (Fsp3) is 0.429. The number of thiol groups is 2. The van der Waals surface area contributed by atoms with E-state index in [0.717, 1.165) is 22.5 Å². The summed E-state index contributed by atoms with van der Waals surface area (Å²) in [5.74, 6) is 0.135. The Bertz CT molecular complexity index is 1100. The van der Waals surface area contributed by atoms with Gasteiger partial charge in [0.05, 0.1) is 0 Å². The number of carbonyl (C=O) groups is 2. The molecule has 0 fully saturated rings. The molecule has 2 rings (SSSR count). The summed E-state index contributed by atoms with van der Waals surface area (Å²) < 4.78 is 0.332. The summed E-state index contributed by atoms with van der Waals surface area (Å²) in [6, 6.07) is 13.7. The molecule has 0 aliphatic rings. The summed E-state index contributed by atoms with van der Waals surface area (Å²) in [6.07, 6.45) is 0.642. The normalized spacial score (nSPS) is 10.8. The van der Waals surface area contributed by atoms with Gasteiger partial charge in [-0.1, -0.05) is 48.7 Å². The molecule has 0 unspecified atom stereocenters. The number of thiocarbonyl (C=S) groups is 2. The Hall–Kier alpha value is 1.23. The van der Waals surface area contributed by atoms with Crippen molar-refractivity contribution in [2.45, 2.75) is 24.9 Å². The molecule has 9 nitrogen and oxygen atoms in total. The van der Waals surface area contributed by atoms with E-state index in [9.17, 15) is 19.8 Å². The van der Waals surface area contributed by atoms with Crippen molar-refractivity contribution in [3.8, 4) is 0 Å². The summed E-state index contributed by atoms with van der Waals surface area (Å²) in [5.41, 5.74) is 3.80. The Kier molecular flexibility index (Phi) is 38.3. The molecule has 0 saturated carbocycles. The molecule has 0 radical (unpaired) electrons. The standard InChI is InChI=1S/2C14H18Cl2N2O2S2.2Na.O.Tc/c2*15-5-7-18(8-6-16)11-3-1-10(2-4-11)9-12(13(19)20)17-14(21)22;;;;/h2*1-4,12H,5-9H2,(H,19,20)(H2,17,21,22);;;;/q;;2*+1;-2;+7/t2*12-;;;;/m00..../s1/i;;;;;1+1. The topological polar surface area (TPSA) is 134 Å². The van der Waals surface area contributed by atoms with Gasteiger partial charge in [-0.3, -0.25) is 0 Å². The van der Waals surface area contributed by atoms with E-state index >= 15 is 0 Å². The van der Waals surface area contributed by atoms with E-state index in [1.807, 2.05) is 48.5 Å². The van der Waals surface area contributed by atoms with Crippen LogP contribution in [0.4, 0.5) is 11.4 Å². The van der Waals surface area contributed by atoms with Crippen LogP contribution in [0.5, 0.6) is 0 Å². The van der Waals surface area contributed by atoms with E-state index in [1.165, 1.54) is 0 Å². The molecule has 0 aliphatic heterocycles. The maximum absolute atomic E-state index is 11.2. The van der Waals surface area contributed by atoms with Gasteiger partial charge in [-0.15, -0.1) is 71.7 Å². The van der Waals surface area contributed by atoms with Crippen LogP contribution in [0.1, 0.15) is 11.1 Å². The van der Waals surface area contributed by atoms with E-state index in [0.29, 0.717) is 62.5 Å². The first kappa shape index (κ1) is 56.0. The maximum Gasteiger partial charge on any atom is 7.00 e. The van der Waals surface area contributed by atoms with Crippen molar-refractivity contribution in [2.24, 2.45) is 0 Å². The molecule has 0 bridgehead atoms. The number of carboxylic acid groups (broad SMARTS) is 2. The Balaban J connectivity index is -0.000000372. The number of nitrogens with one attached hydrogen (secondary N) is 2. The monoisotopic (exact) mass is 921 g/mol. The quantitative estimate of drug-likeness (QED) is 0.0501. The number of carboxylic acids is 2. The van der Waals surface area contributed by atoms with Crippen molar-refractivity contribution in [3.05, 3.63) is 59.7 Å². The van der Waals surface area contributed by atoms with Gasteiger partial charge in [0.25, 0.3) is 0 Å². The average molecular weight is 924 g/mol. The number of alkyl halides is 4. The van der Waals surface area contributed by atoms with E-state index < -0.39 is 24.0 Å². The molecular weight excluding hydrogens is 887 g/mol. The van der Waals surface area contributed by atoms with Gasteiger partial charge in [0.1, 0.15) is 20.7 Å². The number of hydrogen-bond donors (Lipinski definition) is 6. The van der Waals surface area contributed by atoms with Crippen molar-refractivity contribution < 1.29 is 104 Å². The molecule has 48 heavy (non-hydrogen) atoms. The fourth-order valence-electron chi connectivity index (χ4n) is 4.00. The Morgan fingerprint density at radius 3 is 1.08 bits per heavy atom. The van der Waals surface area contributed by atoms with Crippen molar-refractivity contribution in [2.75, 3.05) is 59.5 Å². The molecule has 0 amide bonds. The van der Waals surface area contributed by atoms with Crippen molar-refractivity contribution in [3.63, 3.8) is 0 Å². The van der Waals surface area contributed by atoms with Gasteiger partial charge in [-0.25, -0.2) is 9.59 Å². The largest absolute Gasteiger partial charge is 7.00 e. The van der Waals surface area contributed by atoms with Crippen LogP contribution in [0.15, 0.2) is 48.5 Å². The van der Waals surface area contributed by atoms with Gasteiger partial charge in [0.2, 0.25) is 0 Å². The average Bonchev–Trinajstić information content (AvgIpc) is 2.97. The summed E-state index contributed by atoms with van der Waals surface area (Å²) in [5, 5.41) is 23.7. The third-order valence-electron chi connectivity index (χ3n) is 6.09. The molecular formula is C28H36Cl4N4Na2O5S4Tc+7. The minimum atomic E-state index is -0.966. The van der Waals surface area contributed by atoms with Crippen molar-refractivity contribution in [1.82, 2.24) is 10.6 Å².